The summed E-state index contributed by atoms with van der Waals surface area (Å²) in [5.41, 5.74) is 5.93. The Morgan fingerprint density at radius 1 is 0.676 bits per heavy atom. The molecule has 5 N–H and O–H groups in total. The van der Waals surface area contributed by atoms with E-state index in [1.807, 2.05) is 30.3 Å². The van der Waals surface area contributed by atoms with Crippen LogP contribution in [-0.4, -0.2) is 29.3 Å². The van der Waals surface area contributed by atoms with E-state index in [-0.39, 0.29) is 11.8 Å². The molecule has 9 heteroatoms. The number of anilines is 1. The molecule has 37 heavy (non-hydrogen) atoms. The quantitative estimate of drug-likeness (QED) is 0.105. The first kappa shape index (κ1) is 37.2. The summed E-state index contributed by atoms with van der Waals surface area (Å²) >= 11 is 0. The van der Waals surface area contributed by atoms with Gasteiger partial charge in [0, 0.05) is 18.5 Å². The second kappa shape index (κ2) is 27.1. The van der Waals surface area contributed by atoms with Crippen LogP contribution >= 0.6 is 0 Å². The molecular weight excluding hydrogens is 492 g/mol. The lowest BCUT2D eigenvalue weighted by molar-refractivity contribution is -0.118. The molecule has 1 aromatic rings. The number of hydrogen-bond acceptors (Lipinski definition) is 4. The summed E-state index contributed by atoms with van der Waals surface area (Å²) < 4.78 is 31.6. The summed E-state index contributed by atoms with van der Waals surface area (Å²) in [7, 11) is -4.67. The monoisotopic (exact) mass is 544 g/mol. The van der Waals surface area contributed by atoms with Gasteiger partial charge in [-0.1, -0.05) is 122 Å². The number of nitrogens with two attached hydrogens (primary N) is 1. The minimum atomic E-state index is -4.67. The lowest BCUT2D eigenvalue weighted by Gasteiger charge is -2.05. The Bertz CT molecular complexity index is 749. The van der Waals surface area contributed by atoms with Crippen molar-refractivity contribution >= 4 is 27.9 Å². The zero-order chi connectivity index (χ0) is 28.2. The third-order valence-electron chi connectivity index (χ3n) is 5.59. The fourth-order valence-corrected chi connectivity index (χ4v) is 3.60. The number of carbonyl (C=O) groups is 2. The summed E-state index contributed by atoms with van der Waals surface area (Å²) in [5, 5.41) is 2.92. The van der Waals surface area contributed by atoms with Crippen LogP contribution in [0.2, 0.25) is 0 Å². The van der Waals surface area contributed by atoms with Gasteiger partial charge in [0.15, 0.2) is 0 Å². The van der Waals surface area contributed by atoms with Crippen LogP contribution in [0.1, 0.15) is 129 Å². The van der Waals surface area contributed by atoms with E-state index >= 15 is 0 Å². The molecule has 0 heterocycles. The second-order valence-corrected chi connectivity index (χ2v) is 10.2. The highest BCUT2D eigenvalue weighted by atomic mass is 32.3. The number of para-hydroxylation sites is 1. The Morgan fingerprint density at radius 3 is 1.41 bits per heavy atom. The highest BCUT2D eigenvalue weighted by Gasteiger charge is 2.01. The number of primary amides is 1. The molecule has 0 aliphatic rings. The molecular formula is C28H52N2O6S. The van der Waals surface area contributed by atoms with E-state index in [2.05, 4.69) is 19.2 Å². The van der Waals surface area contributed by atoms with E-state index in [0.29, 0.717) is 12.8 Å². The van der Waals surface area contributed by atoms with Crippen molar-refractivity contribution in [2.45, 2.75) is 129 Å². The Balaban J connectivity index is 0. The molecule has 0 fully saturated rings. The standard InChI is InChI=1S/C17H27NO.C11H23NO.H2O4S/c1-2-3-4-5-6-7-8-12-15-17(19)18-16-13-10-9-11-14-16;1-2-3-4-5-6-7-8-9-10-11(12)13;1-5(2,3)4/h9-11,13-14H,2-8,12,15H2,1H3,(H,18,19);2-10H2,1H3,(H2,12,13);(H2,1,2,3,4). The van der Waals surface area contributed by atoms with Crippen molar-refractivity contribution in [3.8, 4) is 0 Å². The van der Waals surface area contributed by atoms with Gasteiger partial charge in [-0.05, 0) is 25.0 Å². The van der Waals surface area contributed by atoms with Gasteiger partial charge in [-0.25, -0.2) is 0 Å². The molecule has 0 aliphatic carbocycles. The van der Waals surface area contributed by atoms with Gasteiger partial charge in [0.25, 0.3) is 0 Å². The van der Waals surface area contributed by atoms with Gasteiger partial charge in [-0.15, -0.1) is 0 Å². The third-order valence-corrected chi connectivity index (χ3v) is 5.59. The van der Waals surface area contributed by atoms with Crippen molar-refractivity contribution in [2.75, 3.05) is 5.32 Å². The fraction of sp³-hybridized carbons (Fsp3) is 0.714. The van der Waals surface area contributed by atoms with Gasteiger partial charge < -0.3 is 11.1 Å². The zero-order valence-electron chi connectivity index (χ0n) is 23.1. The number of unbranched alkanes of at least 4 members (excludes halogenated alkanes) is 14. The normalized spacial score (nSPS) is 10.5. The topological polar surface area (TPSA) is 147 Å². The molecule has 0 spiro atoms. The van der Waals surface area contributed by atoms with Crippen LogP contribution in [0.3, 0.4) is 0 Å². The summed E-state index contributed by atoms with van der Waals surface area (Å²) in [5.74, 6) is -0.0248. The number of benzene rings is 1. The first-order chi connectivity index (χ1) is 17.6. The van der Waals surface area contributed by atoms with Crippen molar-refractivity contribution in [1.82, 2.24) is 0 Å². The maximum absolute atomic E-state index is 11.7. The van der Waals surface area contributed by atoms with Gasteiger partial charge in [0.2, 0.25) is 11.8 Å². The van der Waals surface area contributed by atoms with E-state index in [9.17, 15) is 9.59 Å². The number of amides is 2. The Hall–Kier alpha value is -1.97. The molecule has 0 unspecified atom stereocenters. The molecule has 0 bridgehead atoms. The van der Waals surface area contributed by atoms with Crippen LogP contribution < -0.4 is 11.1 Å². The predicted molar refractivity (Wildman–Crippen MR) is 153 cm³/mol. The average molecular weight is 545 g/mol. The number of rotatable bonds is 19. The Kier molecular flexibility index (Phi) is 27.2. The van der Waals surface area contributed by atoms with Gasteiger partial charge in [0.1, 0.15) is 0 Å². The predicted octanol–water partition coefficient (Wildman–Crippen LogP) is 7.51. The van der Waals surface area contributed by atoms with Crippen LogP contribution in [0.25, 0.3) is 0 Å². The van der Waals surface area contributed by atoms with E-state index in [1.165, 1.54) is 83.5 Å². The maximum Gasteiger partial charge on any atom is 0.394 e. The molecule has 0 saturated carbocycles. The molecule has 1 aromatic carbocycles. The number of nitrogens with one attached hydrogen (secondary N) is 1. The fourth-order valence-electron chi connectivity index (χ4n) is 3.60. The Morgan fingerprint density at radius 2 is 1.03 bits per heavy atom. The molecule has 8 nitrogen and oxygen atoms in total. The van der Waals surface area contributed by atoms with Crippen molar-refractivity contribution in [1.29, 1.82) is 0 Å². The van der Waals surface area contributed by atoms with E-state index in [4.69, 9.17) is 23.3 Å². The molecule has 1 rings (SSSR count). The van der Waals surface area contributed by atoms with Crippen molar-refractivity contribution in [3.63, 3.8) is 0 Å². The maximum atomic E-state index is 11.7. The SMILES string of the molecule is CCCCCCCCCCC(=O)Nc1ccccc1.CCCCCCCCCCC(N)=O.O=S(=O)(O)O. The smallest absolute Gasteiger partial charge is 0.370 e. The van der Waals surface area contributed by atoms with Gasteiger partial charge >= 0.3 is 10.4 Å². The zero-order valence-corrected chi connectivity index (χ0v) is 23.9. The highest BCUT2D eigenvalue weighted by molar-refractivity contribution is 7.79. The van der Waals surface area contributed by atoms with Gasteiger partial charge in [-0.2, -0.15) is 8.42 Å². The average Bonchev–Trinajstić information content (AvgIpc) is 2.82. The van der Waals surface area contributed by atoms with Crippen LogP contribution in [0.15, 0.2) is 30.3 Å². The minimum absolute atomic E-state index is 0.136. The molecule has 0 radical (unpaired) electrons. The molecule has 0 saturated heterocycles. The largest absolute Gasteiger partial charge is 0.394 e. The lowest BCUT2D eigenvalue weighted by atomic mass is 10.1. The van der Waals surface area contributed by atoms with Crippen molar-refractivity contribution in [2.24, 2.45) is 5.73 Å². The Labute approximate surface area is 225 Å². The lowest BCUT2D eigenvalue weighted by Crippen LogP contribution is -2.10. The van der Waals surface area contributed by atoms with Crippen molar-refractivity contribution in [3.05, 3.63) is 30.3 Å². The summed E-state index contributed by atoms with van der Waals surface area (Å²) in [6.45, 7) is 4.47. The van der Waals surface area contributed by atoms with Crippen LogP contribution in [0.4, 0.5) is 5.69 Å². The number of carbonyl (C=O) groups excluding carboxylic acids is 2. The molecule has 0 aromatic heterocycles. The number of hydrogen-bond donors (Lipinski definition) is 4. The minimum Gasteiger partial charge on any atom is -0.370 e. The van der Waals surface area contributed by atoms with E-state index in [0.717, 1.165) is 24.9 Å². The first-order valence-electron chi connectivity index (χ1n) is 13.9. The third kappa shape index (κ3) is 38.7. The van der Waals surface area contributed by atoms with Crippen LogP contribution in [-0.2, 0) is 20.0 Å². The van der Waals surface area contributed by atoms with Gasteiger partial charge in [0.05, 0.1) is 0 Å². The summed E-state index contributed by atoms with van der Waals surface area (Å²) in [6, 6.07) is 9.67. The molecule has 0 atom stereocenters. The van der Waals surface area contributed by atoms with Crippen molar-refractivity contribution < 1.29 is 27.1 Å². The summed E-state index contributed by atoms with van der Waals surface area (Å²) in [4.78, 5) is 22.1. The highest BCUT2D eigenvalue weighted by Crippen LogP contribution is 2.11. The van der Waals surface area contributed by atoms with Crippen LogP contribution in [0, 0.1) is 0 Å². The van der Waals surface area contributed by atoms with E-state index < -0.39 is 10.4 Å². The molecule has 216 valence electrons. The summed E-state index contributed by atoms with van der Waals surface area (Å²) in [6.07, 6.45) is 21.5. The second-order valence-electron chi connectivity index (χ2n) is 9.28. The van der Waals surface area contributed by atoms with E-state index in [1.54, 1.807) is 0 Å². The van der Waals surface area contributed by atoms with Crippen LogP contribution in [0.5, 0.6) is 0 Å². The molecule has 0 aliphatic heterocycles. The van der Waals surface area contributed by atoms with Gasteiger partial charge in [-0.3, -0.25) is 18.7 Å². The molecule has 2 amide bonds. The first-order valence-corrected chi connectivity index (χ1v) is 15.3.